The van der Waals surface area contributed by atoms with E-state index in [-0.39, 0.29) is 0 Å². The third kappa shape index (κ3) is 7.41. The van der Waals surface area contributed by atoms with Crippen molar-refractivity contribution in [3.05, 3.63) is 70.8 Å². The second-order valence-corrected chi connectivity index (χ2v) is 8.08. The number of amides is 2. The van der Waals surface area contributed by atoms with Crippen LogP contribution in [0.15, 0.2) is 48.5 Å². The molecule has 1 aliphatic rings. The molecule has 6 N–H and O–H groups in total. The molecule has 0 radical (unpaired) electrons. The van der Waals surface area contributed by atoms with E-state index in [9.17, 15) is 9.59 Å². The zero-order valence-corrected chi connectivity index (χ0v) is 18.6. The minimum atomic E-state index is -1.05. The second-order valence-electron chi connectivity index (χ2n) is 8.08. The second kappa shape index (κ2) is 12.1. The Morgan fingerprint density at radius 2 is 1.76 bits per heavy atom. The van der Waals surface area contributed by atoms with Crippen molar-refractivity contribution in [3.63, 3.8) is 0 Å². The highest BCUT2D eigenvalue weighted by Crippen LogP contribution is 2.11. The van der Waals surface area contributed by atoms with E-state index in [0.717, 1.165) is 43.7 Å². The molecule has 2 amide bonds. The van der Waals surface area contributed by atoms with Crippen LogP contribution < -0.4 is 21.8 Å². The summed E-state index contributed by atoms with van der Waals surface area (Å²) in [6.07, 6.45) is 2.60. The molecule has 1 unspecified atom stereocenters. The van der Waals surface area contributed by atoms with E-state index in [1.165, 1.54) is 11.0 Å². The number of benzene rings is 2. The van der Waals surface area contributed by atoms with Gasteiger partial charge < -0.3 is 21.1 Å². The molecule has 1 fully saturated rings. The number of rotatable bonds is 8. The van der Waals surface area contributed by atoms with Crippen molar-refractivity contribution >= 4 is 11.8 Å². The maximum Gasteiger partial charge on any atom is 0.267 e. The predicted octanol–water partition coefficient (Wildman–Crippen LogP) is 1.31. The van der Waals surface area contributed by atoms with Crippen LogP contribution in [0.2, 0.25) is 0 Å². The first-order valence-electron chi connectivity index (χ1n) is 11.0. The SMILES string of the molecule is C[C@@H](N)[C@H](NC(=O)c1ccc(C#Cc2ccc(CNCC3CCCO3)cc2)cc1)C(=O)NO. The Hall–Kier alpha value is -3.22. The molecule has 0 bridgehead atoms. The van der Waals surface area contributed by atoms with Gasteiger partial charge in [-0.2, -0.15) is 0 Å². The molecule has 0 aromatic heterocycles. The van der Waals surface area contributed by atoms with Gasteiger partial charge in [0.2, 0.25) is 0 Å². The molecule has 174 valence electrons. The van der Waals surface area contributed by atoms with Gasteiger partial charge >= 0.3 is 0 Å². The minimum Gasteiger partial charge on any atom is -0.377 e. The van der Waals surface area contributed by atoms with Gasteiger partial charge in [-0.15, -0.1) is 0 Å². The van der Waals surface area contributed by atoms with Crippen molar-refractivity contribution in [2.24, 2.45) is 5.73 Å². The van der Waals surface area contributed by atoms with Crippen molar-refractivity contribution < 1.29 is 19.5 Å². The van der Waals surface area contributed by atoms with E-state index >= 15 is 0 Å². The summed E-state index contributed by atoms with van der Waals surface area (Å²) in [5, 5.41) is 14.7. The zero-order valence-electron chi connectivity index (χ0n) is 18.6. The summed E-state index contributed by atoms with van der Waals surface area (Å²) in [7, 11) is 0. The summed E-state index contributed by atoms with van der Waals surface area (Å²) in [5.41, 5.74) is 10.4. The van der Waals surface area contributed by atoms with Crippen LogP contribution in [0.25, 0.3) is 0 Å². The van der Waals surface area contributed by atoms with Gasteiger partial charge in [0.25, 0.3) is 11.8 Å². The Labute approximate surface area is 193 Å². The van der Waals surface area contributed by atoms with Crippen LogP contribution in [0.4, 0.5) is 0 Å². The monoisotopic (exact) mass is 450 g/mol. The minimum absolute atomic E-state index is 0.332. The molecule has 3 atom stereocenters. The van der Waals surface area contributed by atoms with Gasteiger partial charge in [0.1, 0.15) is 6.04 Å². The summed E-state index contributed by atoms with van der Waals surface area (Å²) in [6.45, 7) is 4.09. The van der Waals surface area contributed by atoms with E-state index in [1.54, 1.807) is 31.2 Å². The molecule has 1 saturated heterocycles. The molecule has 1 aliphatic heterocycles. The highest BCUT2D eigenvalue weighted by molar-refractivity contribution is 5.97. The van der Waals surface area contributed by atoms with Crippen LogP contribution in [0.3, 0.4) is 0 Å². The van der Waals surface area contributed by atoms with Gasteiger partial charge in [-0.1, -0.05) is 24.0 Å². The number of carbonyl (C=O) groups is 2. The maximum absolute atomic E-state index is 12.4. The number of hydroxylamine groups is 1. The van der Waals surface area contributed by atoms with Crippen LogP contribution in [0.5, 0.6) is 0 Å². The molecule has 0 aliphatic carbocycles. The molecular weight excluding hydrogens is 420 g/mol. The van der Waals surface area contributed by atoms with Gasteiger partial charge in [0, 0.05) is 42.4 Å². The van der Waals surface area contributed by atoms with E-state index < -0.39 is 23.9 Å². The average molecular weight is 451 g/mol. The number of nitrogens with one attached hydrogen (secondary N) is 3. The van der Waals surface area contributed by atoms with E-state index in [4.69, 9.17) is 15.7 Å². The lowest BCUT2D eigenvalue weighted by molar-refractivity contribution is -0.131. The third-order valence-electron chi connectivity index (χ3n) is 5.38. The first-order chi connectivity index (χ1) is 16.0. The zero-order chi connectivity index (χ0) is 23.6. The lowest BCUT2D eigenvalue weighted by Crippen LogP contribution is -2.54. The molecule has 0 saturated carbocycles. The Bertz CT molecular complexity index is 988. The number of carbonyl (C=O) groups excluding carboxylic acids is 2. The highest BCUT2D eigenvalue weighted by atomic mass is 16.5. The Balaban J connectivity index is 1.53. The van der Waals surface area contributed by atoms with Gasteiger partial charge in [-0.25, -0.2) is 5.48 Å². The molecule has 3 rings (SSSR count). The maximum atomic E-state index is 12.4. The van der Waals surface area contributed by atoms with Crippen molar-refractivity contribution in [2.75, 3.05) is 13.2 Å². The van der Waals surface area contributed by atoms with Gasteiger partial charge in [0.05, 0.1) is 6.10 Å². The van der Waals surface area contributed by atoms with Crippen LogP contribution in [-0.2, 0) is 16.1 Å². The quantitative estimate of drug-likeness (QED) is 0.235. The fourth-order valence-electron chi connectivity index (χ4n) is 3.47. The number of hydrogen-bond donors (Lipinski definition) is 5. The normalized spacial score (nSPS) is 16.9. The molecule has 1 heterocycles. The summed E-state index contributed by atoms with van der Waals surface area (Å²) in [6, 6.07) is 13.1. The van der Waals surface area contributed by atoms with Crippen LogP contribution in [0, 0.1) is 11.8 Å². The Morgan fingerprint density at radius 3 is 2.30 bits per heavy atom. The summed E-state index contributed by atoms with van der Waals surface area (Å²) < 4.78 is 5.61. The molecule has 8 heteroatoms. The smallest absolute Gasteiger partial charge is 0.267 e. The average Bonchev–Trinajstić information content (AvgIpc) is 3.35. The van der Waals surface area contributed by atoms with Crippen molar-refractivity contribution in [2.45, 2.75) is 44.5 Å². The fraction of sp³-hybridized carbons (Fsp3) is 0.360. The van der Waals surface area contributed by atoms with Gasteiger partial charge in [0.15, 0.2) is 0 Å². The standard InChI is InChI=1S/C25H30N4O4/c1-17(26)23(25(31)29-32)28-24(30)21-12-10-19(11-13-21)5-4-18-6-8-20(9-7-18)15-27-16-22-3-2-14-33-22/h6-13,17,22-23,27,32H,2-3,14-16,26H2,1H3,(H,28,30)(H,29,31)/t17-,22?,23+/m1/s1. The predicted molar refractivity (Wildman–Crippen MR) is 124 cm³/mol. The largest absolute Gasteiger partial charge is 0.377 e. The lowest BCUT2D eigenvalue weighted by atomic mass is 10.1. The fourth-order valence-corrected chi connectivity index (χ4v) is 3.47. The topological polar surface area (TPSA) is 126 Å². The summed E-state index contributed by atoms with van der Waals surface area (Å²) in [5.74, 6) is 4.96. The van der Waals surface area contributed by atoms with Crippen LogP contribution in [0.1, 0.15) is 46.8 Å². The molecule has 2 aromatic rings. The van der Waals surface area contributed by atoms with E-state index in [0.29, 0.717) is 11.7 Å². The Morgan fingerprint density at radius 1 is 1.12 bits per heavy atom. The summed E-state index contributed by atoms with van der Waals surface area (Å²) >= 11 is 0. The van der Waals surface area contributed by atoms with Crippen molar-refractivity contribution in [3.8, 4) is 11.8 Å². The van der Waals surface area contributed by atoms with Gasteiger partial charge in [-0.05, 0) is 61.7 Å². The number of ether oxygens (including phenoxy) is 1. The molecular formula is C25H30N4O4. The van der Waals surface area contributed by atoms with Crippen molar-refractivity contribution in [1.82, 2.24) is 16.1 Å². The Kier molecular flexibility index (Phi) is 8.98. The molecule has 33 heavy (non-hydrogen) atoms. The molecule has 8 nitrogen and oxygen atoms in total. The molecule has 0 spiro atoms. The number of hydrogen-bond acceptors (Lipinski definition) is 6. The van der Waals surface area contributed by atoms with E-state index in [1.807, 2.05) is 12.1 Å². The van der Waals surface area contributed by atoms with Crippen LogP contribution in [-0.4, -0.2) is 48.4 Å². The first-order valence-corrected chi connectivity index (χ1v) is 11.0. The summed E-state index contributed by atoms with van der Waals surface area (Å²) in [4.78, 5) is 24.0. The number of nitrogens with two attached hydrogens (primary N) is 1. The van der Waals surface area contributed by atoms with Crippen LogP contribution >= 0.6 is 0 Å². The van der Waals surface area contributed by atoms with Gasteiger partial charge in [-0.3, -0.25) is 14.8 Å². The lowest BCUT2D eigenvalue weighted by Gasteiger charge is -2.20. The van der Waals surface area contributed by atoms with Crippen molar-refractivity contribution in [1.29, 1.82) is 0 Å². The molecule has 2 aromatic carbocycles. The third-order valence-corrected chi connectivity index (χ3v) is 5.38. The highest BCUT2D eigenvalue weighted by Gasteiger charge is 2.24. The van der Waals surface area contributed by atoms with E-state index in [2.05, 4.69) is 34.6 Å². The first kappa shape index (κ1) is 24.4.